The Morgan fingerprint density at radius 3 is 2.64 bits per heavy atom. The van der Waals surface area contributed by atoms with Gasteiger partial charge in [0, 0.05) is 40.3 Å². The zero-order valence-electron chi connectivity index (χ0n) is 18.4. The van der Waals surface area contributed by atoms with Gasteiger partial charge in [0.05, 0.1) is 16.3 Å². The number of nitrogens with one attached hydrogen (secondary N) is 2. The number of carbonyl (C=O) groups excluding carboxylic acids is 2. The molecule has 0 aliphatic rings. The van der Waals surface area contributed by atoms with Crippen molar-refractivity contribution in [3.8, 4) is 5.69 Å². The zero-order chi connectivity index (χ0) is 25.5. The van der Waals surface area contributed by atoms with E-state index in [-0.39, 0.29) is 12.0 Å². The smallest absolute Gasteiger partial charge is 0.335 e. The number of benzene rings is 2. The molecule has 1 atom stereocenters. The molecule has 2 aromatic carbocycles. The summed E-state index contributed by atoms with van der Waals surface area (Å²) in [6, 6.07) is 9.81. The minimum atomic E-state index is -1.07. The summed E-state index contributed by atoms with van der Waals surface area (Å²) in [5.74, 6) is -2.07. The fourth-order valence-electron chi connectivity index (χ4n) is 3.19. The summed E-state index contributed by atoms with van der Waals surface area (Å²) in [4.78, 5) is 41.0. The number of amides is 2. The molecule has 0 spiro atoms. The molecule has 0 saturated carbocycles. The van der Waals surface area contributed by atoms with Crippen molar-refractivity contribution in [3.05, 3.63) is 87.6 Å². The number of nitrogens with zero attached hydrogens (tertiary/aromatic N) is 5. The van der Waals surface area contributed by atoms with Crippen LogP contribution in [0, 0.1) is 0 Å². The summed E-state index contributed by atoms with van der Waals surface area (Å²) in [6.07, 6.45) is 6.02. The van der Waals surface area contributed by atoms with Crippen LogP contribution in [0.4, 0.5) is 5.69 Å². The monoisotopic (exact) mass is 523 g/mol. The molecular weight excluding hydrogens is 506 g/mol. The summed E-state index contributed by atoms with van der Waals surface area (Å²) in [5.41, 5.74) is 1.68. The topological polar surface area (TPSA) is 152 Å². The highest BCUT2D eigenvalue weighted by Crippen LogP contribution is 2.20. The summed E-state index contributed by atoms with van der Waals surface area (Å²) < 4.78 is 1.43. The first-order valence-corrected chi connectivity index (χ1v) is 11.7. The van der Waals surface area contributed by atoms with Crippen LogP contribution in [0.2, 0.25) is 5.02 Å². The van der Waals surface area contributed by atoms with Crippen LogP contribution in [-0.4, -0.2) is 54.1 Å². The first-order valence-electron chi connectivity index (χ1n) is 10.4. The molecule has 36 heavy (non-hydrogen) atoms. The Hall–Kier alpha value is -4.42. The van der Waals surface area contributed by atoms with Gasteiger partial charge in [0.1, 0.15) is 12.4 Å². The Morgan fingerprint density at radius 2 is 1.97 bits per heavy atom. The Bertz CT molecular complexity index is 1390. The Morgan fingerprint density at radius 1 is 1.17 bits per heavy atom. The molecule has 0 bridgehead atoms. The highest BCUT2D eigenvalue weighted by molar-refractivity contribution is 7.09. The van der Waals surface area contributed by atoms with Gasteiger partial charge in [-0.05, 0) is 59.0 Å². The van der Waals surface area contributed by atoms with E-state index in [4.69, 9.17) is 16.7 Å². The number of aromatic carboxylic acids is 1. The molecule has 11 nitrogen and oxygen atoms in total. The van der Waals surface area contributed by atoms with Crippen molar-refractivity contribution in [2.75, 3.05) is 5.32 Å². The van der Waals surface area contributed by atoms with Crippen LogP contribution < -0.4 is 10.6 Å². The van der Waals surface area contributed by atoms with Crippen molar-refractivity contribution in [2.45, 2.75) is 12.5 Å². The van der Waals surface area contributed by atoms with E-state index in [2.05, 4.69) is 31.1 Å². The van der Waals surface area contributed by atoms with Crippen molar-refractivity contribution in [3.63, 3.8) is 0 Å². The van der Waals surface area contributed by atoms with Gasteiger partial charge < -0.3 is 15.7 Å². The van der Waals surface area contributed by atoms with E-state index in [9.17, 15) is 14.4 Å². The molecule has 4 aromatic rings. The number of aromatic nitrogens is 5. The van der Waals surface area contributed by atoms with E-state index in [1.807, 2.05) is 0 Å². The molecule has 2 aromatic heterocycles. The summed E-state index contributed by atoms with van der Waals surface area (Å²) in [5, 5.41) is 28.4. The van der Waals surface area contributed by atoms with Crippen LogP contribution in [0.1, 0.15) is 20.9 Å². The van der Waals surface area contributed by atoms with Gasteiger partial charge in [-0.3, -0.25) is 9.59 Å². The molecule has 0 radical (unpaired) electrons. The summed E-state index contributed by atoms with van der Waals surface area (Å²) in [6.45, 7) is 0. The van der Waals surface area contributed by atoms with Crippen LogP contribution in [0.25, 0.3) is 11.8 Å². The normalized spacial score (nSPS) is 11.8. The summed E-state index contributed by atoms with van der Waals surface area (Å²) in [7, 11) is 0. The lowest BCUT2D eigenvalue weighted by molar-refractivity contribution is -0.123. The lowest BCUT2D eigenvalue weighted by Gasteiger charge is -2.17. The number of anilines is 1. The zero-order valence-corrected chi connectivity index (χ0v) is 20.0. The molecule has 0 aliphatic carbocycles. The molecule has 13 heteroatoms. The number of rotatable bonds is 9. The molecule has 0 fully saturated rings. The van der Waals surface area contributed by atoms with Crippen LogP contribution in [0.5, 0.6) is 0 Å². The van der Waals surface area contributed by atoms with E-state index in [1.54, 1.807) is 35.9 Å². The lowest BCUT2D eigenvalue weighted by Crippen LogP contribution is -2.44. The van der Waals surface area contributed by atoms with Crippen LogP contribution in [0.15, 0.2) is 66.4 Å². The quantitative estimate of drug-likeness (QED) is 0.283. The molecule has 4 rings (SSSR count). The maximum absolute atomic E-state index is 13.0. The third kappa shape index (κ3) is 6.37. The Labute approximate surface area is 213 Å². The summed E-state index contributed by atoms with van der Waals surface area (Å²) >= 11 is 7.47. The van der Waals surface area contributed by atoms with Gasteiger partial charge in [0.15, 0.2) is 0 Å². The first kappa shape index (κ1) is 24.7. The fraction of sp³-hybridized carbons (Fsp3) is 0.0870. The van der Waals surface area contributed by atoms with Gasteiger partial charge in [-0.2, -0.15) is 4.68 Å². The second-order valence-corrected chi connectivity index (χ2v) is 8.77. The molecule has 0 aliphatic heterocycles. The predicted octanol–water partition coefficient (Wildman–Crippen LogP) is 2.85. The standard InChI is InChI=1S/C23H18ClN7O4S/c24-16-4-7-19(31-13-26-29-30-31)15(11-16)3-8-20(32)28-18(12-21-25-9-10-36-21)22(33)27-17-5-1-14(2-6-17)23(34)35/h1-11,13,18H,12H2,(H,27,33)(H,28,32)(H,34,35). The third-order valence-electron chi connectivity index (χ3n) is 4.89. The molecule has 0 saturated heterocycles. The molecule has 1 unspecified atom stereocenters. The maximum atomic E-state index is 13.0. The van der Waals surface area contributed by atoms with Crippen molar-refractivity contribution >= 4 is 52.5 Å². The van der Waals surface area contributed by atoms with Crippen LogP contribution in [-0.2, 0) is 16.0 Å². The number of carboxylic acid groups (broad SMARTS) is 1. The van der Waals surface area contributed by atoms with Crippen LogP contribution >= 0.6 is 22.9 Å². The third-order valence-corrected chi connectivity index (χ3v) is 5.93. The van der Waals surface area contributed by atoms with E-state index in [0.29, 0.717) is 27.0 Å². The average molecular weight is 524 g/mol. The molecule has 3 N–H and O–H groups in total. The highest BCUT2D eigenvalue weighted by Gasteiger charge is 2.22. The van der Waals surface area contributed by atoms with E-state index in [1.165, 1.54) is 52.7 Å². The van der Waals surface area contributed by atoms with Gasteiger partial charge in [0.25, 0.3) is 0 Å². The SMILES string of the molecule is O=C(C=Cc1cc(Cl)ccc1-n1cnnn1)NC(Cc1nccs1)C(=O)Nc1ccc(C(=O)O)cc1. The maximum Gasteiger partial charge on any atom is 0.335 e. The number of thiazole rings is 1. The minimum absolute atomic E-state index is 0.0906. The van der Waals surface area contributed by atoms with Crippen molar-refractivity contribution < 1.29 is 19.5 Å². The number of carboxylic acids is 1. The van der Waals surface area contributed by atoms with Gasteiger partial charge in [-0.15, -0.1) is 16.4 Å². The Kier molecular flexibility index (Phi) is 7.78. The van der Waals surface area contributed by atoms with Crippen molar-refractivity contribution in [1.82, 2.24) is 30.5 Å². The number of hydrogen-bond acceptors (Lipinski definition) is 8. The van der Waals surface area contributed by atoms with Gasteiger partial charge >= 0.3 is 5.97 Å². The minimum Gasteiger partial charge on any atom is -0.478 e. The molecular formula is C23H18ClN7O4S. The van der Waals surface area contributed by atoms with Gasteiger partial charge in [-0.25, -0.2) is 9.78 Å². The molecule has 2 amide bonds. The number of halogens is 1. The van der Waals surface area contributed by atoms with Crippen LogP contribution in [0.3, 0.4) is 0 Å². The lowest BCUT2D eigenvalue weighted by atomic mass is 10.1. The number of hydrogen-bond donors (Lipinski definition) is 3. The predicted molar refractivity (Wildman–Crippen MR) is 133 cm³/mol. The number of carbonyl (C=O) groups is 3. The van der Waals surface area contributed by atoms with E-state index in [0.717, 1.165) is 0 Å². The largest absolute Gasteiger partial charge is 0.478 e. The molecule has 182 valence electrons. The second kappa shape index (κ2) is 11.3. The molecule has 2 heterocycles. The Balaban J connectivity index is 1.50. The van der Waals surface area contributed by atoms with E-state index < -0.39 is 23.8 Å². The fourth-order valence-corrected chi connectivity index (χ4v) is 4.03. The van der Waals surface area contributed by atoms with Crippen molar-refractivity contribution in [1.29, 1.82) is 0 Å². The highest BCUT2D eigenvalue weighted by atomic mass is 35.5. The second-order valence-electron chi connectivity index (χ2n) is 7.35. The van der Waals surface area contributed by atoms with Crippen molar-refractivity contribution in [2.24, 2.45) is 0 Å². The first-order chi connectivity index (χ1) is 17.4. The van der Waals surface area contributed by atoms with Gasteiger partial charge in [0.2, 0.25) is 11.8 Å². The average Bonchev–Trinajstić information content (AvgIpc) is 3.57. The number of tetrazole rings is 1. The van der Waals surface area contributed by atoms with Gasteiger partial charge in [-0.1, -0.05) is 11.6 Å². The van der Waals surface area contributed by atoms with E-state index >= 15 is 0 Å².